The number of nitrogens with two attached hydrogens (primary N) is 1. The number of aryl methyl sites for hydroxylation is 1. The van der Waals surface area contributed by atoms with Crippen LogP contribution >= 0.6 is 0 Å². The van der Waals surface area contributed by atoms with E-state index in [1.54, 1.807) is 0 Å². The molecule has 3 heteroatoms. The highest BCUT2D eigenvalue weighted by Crippen LogP contribution is 2.31. The zero-order valence-corrected chi connectivity index (χ0v) is 20.1. The van der Waals surface area contributed by atoms with Crippen molar-refractivity contribution < 1.29 is 9.90 Å². The highest BCUT2D eigenvalue weighted by Gasteiger charge is 2.24. The maximum Gasteiger partial charge on any atom is 0.303 e. The molecule has 0 aromatic heterocycles. The van der Waals surface area contributed by atoms with Gasteiger partial charge in [-0.1, -0.05) is 82.0 Å². The fourth-order valence-corrected chi connectivity index (χ4v) is 4.59. The van der Waals surface area contributed by atoms with Crippen molar-refractivity contribution in [3.05, 3.63) is 48.0 Å². The van der Waals surface area contributed by atoms with Crippen LogP contribution in [-0.2, 0) is 11.2 Å². The molecule has 0 spiro atoms. The molecule has 0 fully saturated rings. The first-order valence-electron chi connectivity index (χ1n) is 12.7. The van der Waals surface area contributed by atoms with E-state index in [-0.39, 0.29) is 12.3 Å². The number of carbonyl (C=O) groups is 1. The Bertz CT molecular complexity index is 584. The monoisotopic (exact) mass is 429 g/mol. The SMILES string of the molecule is CCCCCC/C=C\C[C@H](CC)CC[C@H](CCN)[C@H](CCc1ccccc1)CC(=O)O. The molecule has 0 bridgehead atoms. The lowest BCUT2D eigenvalue weighted by atomic mass is 9.78. The number of unbranched alkanes of at least 4 members (excludes halogenated alkanes) is 4. The van der Waals surface area contributed by atoms with Crippen LogP contribution in [-0.4, -0.2) is 17.6 Å². The normalized spacial score (nSPS) is 14.5. The van der Waals surface area contributed by atoms with Gasteiger partial charge in [0.15, 0.2) is 0 Å². The third-order valence-corrected chi connectivity index (χ3v) is 6.67. The average Bonchev–Trinajstić information content (AvgIpc) is 2.77. The van der Waals surface area contributed by atoms with Crippen molar-refractivity contribution in [2.75, 3.05) is 6.54 Å². The summed E-state index contributed by atoms with van der Waals surface area (Å²) in [6.07, 6.45) is 18.9. The molecule has 0 aliphatic heterocycles. The first-order chi connectivity index (χ1) is 15.1. The topological polar surface area (TPSA) is 63.3 Å². The minimum Gasteiger partial charge on any atom is -0.481 e. The van der Waals surface area contributed by atoms with Gasteiger partial charge in [-0.05, 0) is 81.2 Å². The number of allylic oxidation sites excluding steroid dienone is 2. The summed E-state index contributed by atoms with van der Waals surface area (Å²) in [5, 5.41) is 9.50. The molecule has 176 valence electrons. The molecule has 3 N–H and O–H groups in total. The summed E-state index contributed by atoms with van der Waals surface area (Å²) in [7, 11) is 0. The number of benzene rings is 1. The standard InChI is InChI=1S/C28H47NO2/c1-3-5-6-7-8-9-11-14-24(4-2)17-19-26(21-22-29)27(23-28(30)31)20-18-25-15-12-10-13-16-25/h9-13,15-16,24,26-27H,3-8,14,17-23,29H2,1-2H3,(H,30,31)/b11-9-/t24-,26+,27+/m0/s1. The fraction of sp³-hybridized carbons (Fsp3) is 0.679. The van der Waals surface area contributed by atoms with Crippen molar-refractivity contribution in [2.24, 2.45) is 23.5 Å². The summed E-state index contributed by atoms with van der Waals surface area (Å²) >= 11 is 0. The largest absolute Gasteiger partial charge is 0.481 e. The van der Waals surface area contributed by atoms with E-state index in [0.29, 0.717) is 18.4 Å². The zero-order valence-electron chi connectivity index (χ0n) is 20.1. The Hall–Kier alpha value is -1.61. The molecule has 0 aliphatic carbocycles. The van der Waals surface area contributed by atoms with Gasteiger partial charge in [0, 0.05) is 6.42 Å². The van der Waals surface area contributed by atoms with Gasteiger partial charge in [0.05, 0.1) is 0 Å². The number of rotatable bonds is 19. The molecule has 3 nitrogen and oxygen atoms in total. The molecule has 1 aromatic carbocycles. The van der Waals surface area contributed by atoms with E-state index in [0.717, 1.165) is 32.1 Å². The Balaban J connectivity index is 2.57. The van der Waals surface area contributed by atoms with Gasteiger partial charge < -0.3 is 10.8 Å². The highest BCUT2D eigenvalue weighted by atomic mass is 16.4. The van der Waals surface area contributed by atoms with Crippen molar-refractivity contribution in [3.8, 4) is 0 Å². The van der Waals surface area contributed by atoms with Crippen LogP contribution < -0.4 is 5.73 Å². The minimum atomic E-state index is -0.682. The van der Waals surface area contributed by atoms with Gasteiger partial charge >= 0.3 is 5.97 Å². The second-order valence-corrected chi connectivity index (χ2v) is 9.13. The minimum absolute atomic E-state index is 0.202. The molecule has 0 radical (unpaired) electrons. The maximum absolute atomic E-state index is 11.6. The van der Waals surface area contributed by atoms with Gasteiger partial charge in [-0.15, -0.1) is 0 Å². The van der Waals surface area contributed by atoms with E-state index in [9.17, 15) is 9.90 Å². The van der Waals surface area contributed by atoms with Gasteiger partial charge in [0.1, 0.15) is 0 Å². The third-order valence-electron chi connectivity index (χ3n) is 6.67. The van der Waals surface area contributed by atoms with Gasteiger partial charge in [-0.25, -0.2) is 0 Å². The van der Waals surface area contributed by atoms with Crippen LogP contribution in [0.4, 0.5) is 0 Å². The maximum atomic E-state index is 11.6. The third kappa shape index (κ3) is 13.4. The smallest absolute Gasteiger partial charge is 0.303 e. The van der Waals surface area contributed by atoms with Gasteiger partial charge in [-0.2, -0.15) is 0 Å². The molecule has 0 heterocycles. The van der Waals surface area contributed by atoms with Crippen LogP contribution in [0.3, 0.4) is 0 Å². The Kier molecular flexibility index (Phi) is 15.9. The van der Waals surface area contributed by atoms with E-state index in [1.165, 1.54) is 50.5 Å². The summed E-state index contributed by atoms with van der Waals surface area (Å²) < 4.78 is 0. The van der Waals surface area contributed by atoms with Crippen LogP contribution in [0.1, 0.15) is 96.5 Å². The van der Waals surface area contributed by atoms with E-state index in [1.807, 2.05) is 6.07 Å². The van der Waals surface area contributed by atoms with Crippen molar-refractivity contribution >= 4 is 5.97 Å². The molecule has 1 rings (SSSR count). The predicted molar refractivity (Wildman–Crippen MR) is 133 cm³/mol. The summed E-state index contributed by atoms with van der Waals surface area (Å²) in [6, 6.07) is 10.4. The molecular formula is C28H47NO2. The fourth-order valence-electron chi connectivity index (χ4n) is 4.59. The molecule has 31 heavy (non-hydrogen) atoms. The van der Waals surface area contributed by atoms with E-state index in [4.69, 9.17) is 5.73 Å². The van der Waals surface area contributed by atoms with E-state index in [2.05, 4.69) is 50.3 Å². The first-order valence-corrected chi connectivity index (χ1v) is 12.7. The highest BCUT2D eigenvalue weighted by molar-refractivity contribution is 5.67. The summed E-state index contributed by atoms with van der Waals surface area (Å²) in [5.41, 5.74) is 7.23. The number of carboxylic acid groups (broad SMARTS) is 1. The van der Waals surface area contributed by atoms with Crippen molar-refractivity contribution in [2.45, 2.75) is 97.3 Å². The predicted octanol–water partition coefficient (Wildman–Crippen LogP) is 7.40. The number of carboxylic acids is 1. The second-order valence-electron chi connectivity index (χ2n) is 9.13. The molecule has 0 aliphatic rings. The van der Waals surface area contributed by atoms with Crippen molar-refractivity contribution in [3.63, 3.8) is 0 Å². The molecule has 0 unspecified atom stereocenters. The Labute approximate surface area is 191 Å². The molecule has 0 saturated heterocycles. The molecule has 3 atom stereocenters. The average molecular weight is 430 g/mol. The van der Waals surface area contributed by atoms with Crippen LogP contribution in [0.2, 0.25) is 0 Å². The van der Waals surface area contributed by atoms with Gasteiger partial charge in [0.25, 0.3) is 0 Å². The van der Waals surface area contributed by atoms with Crippen molar-refractivity contribution in [1.29, 1.82) is 0 Å². The molecule has 1 aromatic rings. The zero-order chi connectivity index (χ0) is 22.7. The Morgan fingerprint density at radius 2 is 1.74 bits per heavy atom. The number of hydrogen-bond donors (Lipinski definition) is 2. The summed E-state index contributed by atoms with van der Waals surface area (Å²) in [4.78, 5) is 11.6. The summed E-state index contributed by atoms with van der Waals surface area (Å²) in [6.45, 7) is 5.17. The van der Waals surface area contributed by atoms with Crippen LogP contribution in [0.5, 0.6) is 0 Å². The van der Waals surface area contributed by atoms with Crippen molar-refractivity contribution in [1.82, 2.24) is 0 Å². The quantitative estimate of drug-likeness (QED) is 0.178. The van der Waals surface area contributed by atoms with Crippen LogP contribution in [0.15, 0.2) is 42.5 Å². The molecular weight excluding hydrogens is 382 g/mol. The van der Waals surface area contributed by atoms with Gasteiger partial charge in [-0.3, -0.25) is 4.79 Å². The van der Waals surface area contributed by atoms with Crippen LogP contribution in [0, 0.1) is 17.8 Å². The lowest BCUT2D eigenvalue weighted by molar-refractivity contribution is -0.138. The second kappa shape index (κ2) is 18.0. The Morgan fingerprint density at radius 1 is 0.968 bits per heavy atom. The number of aliphatic carboxylic acids is 1. The number of hydrogen-bond acceptors (Lipinski definition) is 2. The molecule has 0 amide bonds. The Morgan fingerprint density at radius 3 is 2.39 bits per heavy atom. The van der Waals surface area contributed by atoms with Crippen LogP contribution in [0.25, 0.3) is 0 Å². The first kappa shape index (κ1) is 27.4. The lowest BCUT2D eigenvalue weighted by Gasteiger charge is -2.27. The molecule has 0 saturated carbocycles. The van der Waals surface area contributed by atoms with E-state index >= 15 is 0 Å². The van der Waals surface area contributed by atoms with Gasteiger partial charge in [0.2, 0.25) is 0 Å². The summed E-state index contributed by atoms with van der Waals surface area (Å²) in [5.74, 6) is 0.606. The van der Waals surface area contributed by atoms with E-state index < -0.39 is 5.97 Å². The lowest BCUT2D eigenvalue weighted by Crippen LogP contribution is -2.23.